The Morgan fingerprint density at radius 3 is 2.75 bits per heavy atom. The van der Waals surface area contributed by atoms with Crippen LogP contribution in [0.3, 0.4) is 0 Å². The second kappa shape index (κ2) is 8.05. The van der Waals surface area contributed by atoms with Crippen molar-refractivity contribution >= 4 is 46.1 Å². The number of nitrogen functional groups attached to an aromatic ring is 1. The summed E-state index contributed by atoms with van der Waals surface area (Å²) in [5, 5.41) is 1.49. The summed E-state index contributed by atoms with van der Waals surface area (Å²) >= 11 is 12.7. The number of rotatable bonds is 4. The minimum atomic E-state index is -0.399. The number of fused-ring (bicyclic) bond motifs is 1. The van der Waals surface area contributed by atoms with Crippen molar-refractivity contribution in [2.24, 2.45) is 5.73 Å². The Bertz CT molecular complexity index is 1140. The lowest BCUT2D eigenvalue weighted by Gasteiger charge is -2.10. The zero-order valence-electron chi connectivity index (χ0n) is 15.4. The van der Waals surface area contributed by atoms with Gasteiger partial charge in [0.25, 0.3) is 0 Å². The largest absolute Gasteiger partial charge is 0.370 e. The van der Waals surface area contributed by atoms with Gasteiger partial charge in [0.05, 0.1) is 23.2 Å². The Kier molecular flexibility index (Phi) is 5.73. The SMILES string of the molecule is Cc1cnc(Cn2cc(C#CCCC(N)=O)c3c(Cl)nc(N)nc32)c(C)c1Cl. The van der Waals surface area contributed by atoms with Gasteiger partial charge in [-0.3, -0.25) is 9.78 Å². The highest BCUT2D eigenvalue weighted by Gasteiger charge is 2.16. The van der Waals surface area contributed by atoms with E-state index < -0.39 is 5.91 Å². The highest BCUT2D eigenvalue weighted by atomic mass is 35.5. The van der Waals surface area contributed by atoms with Gasteiger partial charge in [-0.15, -0.1) is 0 Å². The van der Waals surface area contributed by atoms with E-state index in [-0.39, 0.29) is 17.5 Å². The van der Waals surface area contributed by atoms with Crippen LogP contribution in [-0.2, 0) is 11.3 Å². The number of pyridine rings is 1. The van der Waals surface area contributed by atoms with E-state index in [9.17, 15) is 4.79 Å². The summed E-state index contributed by atoms with van der Waals surface area (Å²) in [6, 6.07) is 0. The van der Waals surface area contributed by atoms with E-state index in [1.165, 1.54) is 0 Å². The van der Waals surface area contributed by atoms with Gasteiger partial charge in [-0.25, -0.2) is 4.98 Å². The molecule has 4 N–H and O–H groups in total. The van der Waals surface area contributed by atoms with Crippen LogP contribution in [0.5, 0.6) is 0 Å². The molecule has 0 bridgehead atoms. The number of nitrogens with two attached hydrogens (primary N) is 2. The molecule has 3 rings (SSSR count). The standard InChI is InChI=1S/C19H18Cl2N6O/c1-10-7-24-13(11(2)16(10)20)9-27-8-12(5-3-4-6-14(22)28)15-17(21)25-19(23)26-18(15)27/h7-8H,4,6,9H2,1-2H3,(H2,22,28)(H2,23,25,26). The number of carbonyl (C=O) groups is 1. The Labute approximate surface area is 172 Å². The van der Waals surface area contributed by atoms with Gasteiger partial charge >= 0.3 is 0 Å². The molecule has 0 radical (unpaired) electrons. The third-order valence-electron chi connectivity index (χ3n) is 4.25. The van der Waals surface area contributed by atoms with E-state index in [1.54, 1.807) is 6.20 Å². The van der Waals surface area contributed by atoms with Gasteiger partial charge in [0.2, 0.25) is 11.9 Å². The molecule has 28 heavy (non-hydrogen) atoms. The number of aryl methyl sites for hydroxylation is 1. The van der Waals surface area contributed by atoms with E-state index in [2.05, 4.69) is 26.8 Å². The average molecular weight is 417 g/mol. The van der Waals surface area contributed by atoms with Crippen LogP contribution < -0.4 is 11.5 Å². The van der Waals surface area contributed by atoms with Gasteiger partial charge < -0.3 is 16.0 Å². The number of hydrogen-bond acceptors (Lipinski definition) is 5. The first kappa shape index (κ1) is 19.9. The van der Waals surface area contributed by atoms with Gasteiger partial charge in [0.1, 0.15) is 10.8 Å². The summed E-state index contributed by atoms with van der Waals surface area (Å²) in [4.78, 5) is 23.7. The summed E-state index contributed by atoms with van der Waals surface area (Å²) in [6.45, 7) is 4.24. The predicted molar refractivity (Wildman–Crippen MR) is 110 cm³/mol. The van der Waals surface area contributed by atoms with Crippen molar-refractivity contribution in [2.75, 3.05) is 5.73 Å². The fourth-order valence-electron chi connectivity index (χ4n) is 2.79. The summed E-state index contributed by atoms with van der Waals surface area (Å²) in [5.74, 6) is 5.61. The van der Waals surface area contributed by atoms with Crippen molar-refractivity contribution in [3.8, 4) is 11.8 Å². The highest BCUT2D eigenvalue weighted by Crippen LogP contribution is 2.28. The van der Waals surface area contributed by atoms with E-state index in [1.807, 2.05) is 24.6 Å². The fourth-order valence-corrected chi connectivity index (χ4v) is 3.22. The van der Waals surface area contributed by atoms with Crippen LogP contribution >= 0.6 is 23.2 Å². The highest BCUT2D eigenvalue weighted by molar-refractivity contribution is 6.34. The van der Waals surface area contributed by atoms with E-state index in [0.717, 1.165) is 16.8 Å². The molecular formula is C19H18Cl2N6O. The molecule has 0 spiro atoms. The van der Waals surface area contributed by atoms with Gasteiger partial charge in [0.15, 0.2) is 0 Å². The lowest BCUT2D eigenvalue weighted by molar-refractivity contribution is -0.117. The Balaban J connectivity index is 2.08. The molecule has 3 aromatic rings. The zero-order valence-corrected chi connectivity index (χ0v) is 16.9. The first-order chi connectivity index (χ1) is 13.3. The third-order valence-corrected chi connectivity index (χ3v) is 5.11. The maximum Gasteiger partial charge on any atom is 0.223 e. The molecule has 144 valence electrons. The second-order valence-corrected chi connectivity index (χ2v) is 7.07. The number of halogens is 2. The van der Waals surface area contributed by atoms with Crippen molar-refractivity contribution < 1.29 is 4.79 Å². The minimum absolute atomic E-state index is 0.0664. The second-order valence-electron chi connectivity index (χ2n) is 6.34. The molecule has 1 amide bonds. The Morgan fingerprint density at radius 2 is 2.04 bits per heavy atom. The van der Waals surface area contributed by atoms with Gasteiger partial charge in [0, 0.05) is 30.3 Å². The van der Waals surface area contributed by atoms with Crippen molar-refractivity contribution in [3.63, 3.8) is 0 Å². The maximum absolute atomic E-state index is 10.9. The van der Waals surface area contributed by atoms with Crippen LogP contribution in [0.25, 0.3) is 11.0 Å². The number of aromatic nitrogens is 4. The topological polar surface area (TPSA) is 113 Å². The molecule has 9 heteroatoms. The molecule has 0 unspecified atom stereocenters. The first-order valence-electron chi connectivity index (χ1n) is 8.47. The molecule has 0 aromatic carbocycles. The summed E-state index contributed by atoms with van der Waals surface area (Å²) < 4.78 is 1.86. The predicted octanol–water partition coefficient (Wildman–Crippen LogP) is 3.00. The number of anilines is 1. The van der Waals surface area contributed by atoms with Crippen molar-refractivity contribution in [3.05, 3.63) is 45.0 Å². The summed E-state index contributed by atoms with van der Waals surface area (Å²) in [5.41, 5.74) is 14.7. The van der Waals surface area contributed by atoms with E-state index in [4.69, 9.17) is 34.7 Å². The number of nitrogens with zero attached hydrogens (tertiary/aromatic N) is 4. The molecule has 3 heterocycles. The lowest BCUT2D eigenvalue weighted by atomic mass is 10.1. The monoisotopic (exact) mass is 416 g/mol. The molecule has 3 aromatic heterocycles. The van der Waals surface area contributed by atoms with Crippen LogP contribution in [0.1, 0.15) is 35.2 Å². The summed E-state index contributed by atoms with van der Waals surface area (Å²) in [7, 11) is 0. The molecular weight excluding hydrogens is 399 g/mol. The van der Waals surface area contributed by atoms with Crippen LogP contribution in [0.4, 0.5) is 5.95 Å². The number of primary amides is 1. The van der Waals surface area contributed by atoms with Crippen LogP contribution in [0.2, 0.25) is 10.2 Å². The maximum atomic E-state index is 10.9. The van der Waals surface area contributed by atoms with Gasteiger partial charge in [-0.05, 0) is 25.0 Å². The van der Waals surface area contributed by atoms with Crippen molar-refractivity contribution in [2.45, 2.75) is 33.2 Å². The zero-order chi connectivity index (χ0) is 20.4. The number of amides is 1. The molecule has 0 aliphatic heterocycles. The Morgan fingerprint density at radius 1 is 1.29 bits per heavy atom. The minimum Gasteiger partial charge on any atom is -0.370 e. The quantitative estimate of drug-likeness (QED) is 0.501. The average Bonchev–Trinajstić information content (AvgIpc) is 2.96. The molecule has 0 atom stereocenters. The fraction of sp³-hybridized carbons (Fsp3) is 0.263. The molecule has 0 saturated heterocycles. The van der Waals surface area contributed by atoms with Gasteiger partial charge in [-0.1, -0.05) is 35.0 Å². The van der Waals surface area contributed by atoms with Crippen LogP contribution in [0.15, 0.2) is 12.4 Å². The molecule has 0 aliphatic rings. The molecule has 0 saturated carbocycles. The molecule has 0 aliphatic carbocycles. The number of hydrogen-bond donors (Lipinski definition) is 2. The molecule has 0 fully saturated rings. The van der Waals surface area contributed by atoms with E-state index >= 15 is 0 Å². The smallest absolute Gasteiger partial charge is 0.223 e. The summed E-state index contributed by atoms with van der Waals surface area (Å²) in [6.07, 6.45) is 4.09. The number of carbonyl (C=O) groups excluding carboxylic acids is 1. The van der Waals surface area contributed by atoms with Crippen molar-refractivity contribution in [1.82, 2.24) is 19.5 Å². The third kappa shape index (κ3) is 4.03. The van der Waals surface area contributed by atoms with Crippen LogP contribution in [-0.4, -0.2) is 25.4 Å². The van der Waals surface area contributed by atoms with Crippen LogP contribution in [0, 0.1) is 25.7 Å². The first-order valence-corrected chi connectivity index (χ1v) is 9.23. The normalized spacial score (nSPS) is 10.7. The van der Waals surface area contributed by atoms with E-state index in [0.29, 0.717) is 34.6 Å². The van der Waals surface area contributed by atoms with Crippen molar-refractivity contribution in [1.29, 1.82) is 0 Å². The van der Waals surface area contributed by atoms with Gasteiger partial charge in [-0.2, -0.15) is 4.98 Å². The Hall–Kier alpha value is -2.82. The lowest BCUT2D eigenvalue weighted by Crippen LogP contribution is -2.08. The molecule has 7 nitrogen and oxygen atoms in total.